The van der Waals surface area contributed by atoms with Gasteiger partial charge < -0.3 is 116 Å². The Morgan fingerprint density at radius 3 is 1.94 bits per heavy atom. The second-order valence-corrected chi connectivity index (χ2v) is 37.4. The number of ketones is 3. The first-order valence-electron chi connectivity index (χ1n) is 44.7. The first kappa shape index (κ1) is 95.8. The van der Waals surface area contributed by atoms with Crippen LogP contribution in [0.4, 0.5) is 10.5 Å². The van der Waals surface area contributed by atoms with Crippen LogP contribution in [0, 0.1) is 47.3 Å². The number of aromatic hydroxyl groups is 3. The summed E-state index contributed by atoms with van der Waals surface area (Å²) in [6.07, 6.45) is -13.0. The highest BCUT2D eigenvalue weighted by Crippen LogP contribution is 2.59. The number of imide groups is 1. The largest absolute Gasteiger partial charge is 0.508 e. The van der Waals surface area contributed by atoms with E-state index in [1.165, 1.54) is 68.4 Å². The number of carbonyl (C=O) groups is 9. The maximum Gasteiger partial charge on any atom is 0.325 e. The number of rotatable bonds is 24. The molecule has 33 nitrogen and oxygen atoms in total. The van der Waals surface area contributed by atoms with E-state index in [1.54, 1.807) is 19.1 Å². The quantitative estimate of drug-likeness (QED) is 0.0250. The molecule has 130 heavy (non-hydrogen) atoms. The first-order valence-corrected chi connectivity index (χ1v) is 45.5. The van der Waals surface area contributed by atoms with Crippen molar-refractivity contribution in [1.82, 2.24) is 26.6 Å². The van der Waals surface area contributed by atoms with Crippen molar-refractivity contribution in [3.8, 4) is 68.6 Å². The van der Waals surface area contributed by atoms with Crippen molar-refractivity contribution < 1.29 is 127 Å². The molecule has 7 heterocycles. The number of nitrogens with two attached hydrogens (primary N) is 1. The number of hydrogen-bond donors (Lipinski definition) is 16. The van der Waals surface area contributed by atoms with Crippen LogP contribution in [0.25, 0.3) is 11.1 Å². The number of halogens is 2. The molecule has 4 aliphatic carbocycles. The third-order valence-electron chi connectivity index (χ3n) is 26.5. The molecule has 15 bridgehead atoms. The van der Waals surface area contributed by atoms with Gasteiger partial charge in [-0.3, -0.25) is 43.7 Å². The highest BCUT2D eigenvalue weighted by atomic mass is 35.5. The molecular formula is C95H115Cl2N7O26. The Bertz CT molecular complexity index is 5220. The molecule has 17 rings (SSSR count). The molecule has 7 aliphatic heterocycles. The van der Waals surface area contributed by atoms with E-state index in [1.807, 2.05) is 27.7 Å². The van der Waals surface area contributed by atoms with Crippen LogP contribution >= 0.6 is 23.2 Å². The second kappa shape index (κ2) is 40.8. The molecule has 4 saturated carbocycles. The van der Waals surface area contributed by atoms with E-state index in [9.17, 15) is 55.5 Å². The van der Waals surface area contributed by atoms with Crippen molar-refractivity contribution in [2.45, 2.75) is 248 Å². The molecule has 0 radical (unpaired) electrons. The van der Waals surface area contributed by atoms with E-state index in [2.05, 4.69) is 31.9 Å². The van der Waals surface area contributed by atoms with E-state index in [-0.39, 0.29) is 116 Å². The number of unbranched alkanes of at least 4 members (excludes halogenated alkanes) is 2. The predicted molar refractivity (Wildman–Crippen MR) is 471 cm³/mol. The van der Waals surface area contributed by atoms with Gasteiger partial charge in [-0.25, -0.2) is 4.79 Å². The molecule has 0 unspecified atom stereocenters. The Morgan fingerprint density at radius 2 is 1.32 bits per heavy atom. The Hall–Kier alpha value is -10.3. The molecule has 6 aromatic rings. The van der Waals surface area contributed by atoms with Crippen LogP contribution in [0.2, 0.25) is 10.0 Å². The topological polar surface area (TPSA) is 508 Å². The molecule has 700 valence electrons. The third-order valence-corrected chi connectivity index (χ3v) is 27.1. The molecular weight excluding hydrogens is 1730 g/mol. The number of amides is 7. The number of carbonyl (C=O) groups excluding carboxylic acids is 9. The summed E-state index contributed by atoms with van der Waals surface area (Å²) < 4.78 is 51.4. The van der Waals surface area contributed by atoms with Crippen LogP contribution < -0.4 is 61.3 Å². The summed E-state index contributed by atoms with van der Waals surface area (Å²) >= 11 is 14.6. The van der Waals surface area contributed by atoms with Crippen LogP contribution in [0.3, 0.4) is 0 Å². The first-order chi connectivity index (χ1) is 62.0. The maximum atomic E-state index is 16.9. The van der Waals surface area contributed by atoms with Gasteiger partial charge >= 0.3 is 6.03 Å². The molecule has 0 spiro atoms. The van der Waals surface area contributed by atoms with Crippen molar-refractivity contribution in [1.29, 1.82) is 0 Å². The molecule has 35 heteroatoms. The van der Waals surface area contributed by atoms with Gasteiger partial charge in [0.15, 0.2) is 41.2 Å². The number of fused-ring (bicyclic) bond motifs is 15. The molecule has 17 N–H and O–H groups in total. The average Bonchev–Trinajstić information content (AvgIpc) is 0.753. The zero-order valence-corrected chi connectivity index (χ0v) is 74.8. The fraction of sp³-hybridized carbons (Fsp3) is 0.526. The fourth-order valence-corrected chi connectivity index (χ4v) is 20.3. The summed E-state index contributed by atoms with van der Waals surface area (Å²) in [7, 11) is 0. The van der Waals surface area contributed by atoms with Gasteiger partial charge in [-0.1, -0.05) is 88.9 Å². The average molecular weight is 1840 g/mol. The van der Waals surface area contributed by atoms with Crippen molar-refractivity contribution in [3.05, 3.63) is 135 Å². The molecule has 0 aromatic heterocycles. The zero-order valence-electron chi connectivity index (χ0n) is 73.3. The normalized spacial score (nSPS) is 29.7. The Morgan fingerprint density at radius 1 is 0.669 bits per heavy atom. The number of anilines is 1. The van der Waals surface area contributed by atoms with Crippen molar-refractivity contribution in [3.63, 3.8) is 0 Å². The molecule has 6 fully saturated rings. The summed E-state index contributed by atoms with van der Waals surface area (Å²) in [5.74, 6) is -16.0. The monoisotopic (exact) mass is 1840 g/mol. The second-order valence-electron chi connectivity index (χ2n) is 36.6. The Labute approximate surface area is 761 Å². The van der Waals surface area contributed by atoms with Crippen LogP contribution in [0.5, 0.6) is 57.5 Å². The van der Waals surface area contributed by atoms with E-state index in [0.29, 0.717) is 43.5 Å². The van der Waals surface area contributed by atoms with Crippen molar-refractivity contribution >= 4 is 81.8 Å². The van der Waals surface area contributed by atoms with Gasteiger partial charge in [0.05, 0.1) is 59.6 Å². The highest BCUT2D eigenvalue weighted by molar-refractivity contribution is 6.32. The lowest BCUT2D eigenvalue weighted by Crippen LogP contribution is -2.64. The maximum absolute atomic E-state index is 16.9. The molecule has 7 amide bonds. The van der Waals surface area contributed by atoms with Gasteiger partial charge in [-0.2, -0.15) is 0 Å². The zero-order chi connectivity index (χ0) is 93.2. The minimum Gasteiger partial charge on any atom is -0.508 e. The Kier molecular flexibility index (Phi) is 30.1. The summed E-state index contributed by atoms with van der Waals surface area (Å²) in [5, 5.41) is 123. The number of aliphatic hydroxyl groups excluding tert-OH is 6. The van der Waals surface area contributed by atoms with Crippen LogP contribution in [0.1, 0.15) is 209 Å². The van der Waals surface area contributed by atoms with Gasteiger partial charge in [0.1, 0.15) is 94.9 Å². The van der Waals surface area contributed by atoms with E-state index in [4.69, 9.17) is 66.8 Å². The van der Waals surface area contributed by atoms with Gasteiger partial charge in [-0.05, 0) is 202 Å². The number of urea groups is 1. The van der Waals surface area contributed by atoms with Gasteiger partial charge in [-0.15, -0.1) is 0 Å². The minimum absolute atomic E-state index is 0.0622. The number of hydrogen-bond acceptors (Lipinski definition) is 27. The third kappa shape index (κ3) is 21.3. The van der Waals surface area contributed by atoms with Crippen molar-refractivity contribution in [2.24, 2.45) is 53.1 Å². The lowest BCUT2D eigenvalue weighted by Gasteiger charge is -2.54. The van der Waals surface area contributed by atoms with E-state index >= 15 is 33.6 Å². The van der Waals surface area contributed by atoms with Crippen LogP contribution in [0.15, 0.2) is 97.1 Å². The number of ether oxygens (including phenoxy) is 8. The summed E-state index contributed by atoms with van der Waals surface area (Å²) in [6, 6.07) is 10.6. The summed E-state index contributed by atoms with van der Waals surface area (Å²) in [4.78, 5) is 141. The number of aliphatic hydroxyl groups is 6. The number of phenols is 3. The van der Waals surface area contributed by atoms with Gasteiger partial charge in [0.25, 0.3) is 0 Å². The molecule has 6 aromatic carbocycles. The molecule has 2 saturated heterocycles. The molecule has 18 atom stereocenters. The standard InChI is InChI=1S/C95H115Cl2N7O26/c1-8-11-21-123-56-16-20-71(124-22-12-9-2)63(38-56)99-94(122)100-75(112)35-54-32-66(109)80(103-89(118)47(10-3)23-43(4)5)82(113)49-14-18-69(61(96)30-49)126-72-33-53-34-73(86(72)130-93-87(85(116)84(115)74(42-105)128-93)129-76-41-95(7,98)88(117)44(6)125-76)127-70-19-15-50(31-62(70)97)83(114)81-92(121)102-79(68(111)39-57-51-25-45-24-46(27-51)28-52(57)26-45)60-36-55(106)37-65(108)77(60)59-29-48(13-17-64(59)107)58(91(120)104-81)40-67(110)78(53)101-90(54)119/h13-20,29-31,33-34,36-38,43-47,51-52,54,57-58,74,76,78-85,87-88,93,105-108,113-117H,8-12,21-28,32,35,39-42,98H2,1-7H3,(H,101,119)(H,102,121)(H,103,118)(H,104,120)(H2,99,100,112,122)/t44-,45?,46?,47+,51?,52?,54-,57?,58+,74+,76-,78+,79-,80-,81-,82+,83+,84+,85-,87+,88+,93-,95-/m0/s1. The number of phenolic OH excluding ortho intramolecular Hbond substituents is 3. The van der Waals surface area contributed by atoms with E-state index < -0.39 is 228 Å². The summed E-state index contributed by atoms with van der Waals surface area (Å²) in [5.41, 5.74) is 3.57. The smallest absolute Gasteiger partial charge is 0.325 e. The van der Waals surface area contributed by atoms with Gasteiger partial charge in [0, 0.05) is 66.8 Å². The fourth-order valence-electron chi connectivity index (χ4n) is 19.8. The number of Topliss-reactive ketones (excluding diaryl/α,β-unsaturated/α-hetero) is 3. The predicted octanol–water partition coefficient (Wildman–Crippen LogP) is 10.7. The highest BCUT2D eigenvalue weighted by Gasteiger charge is 2.53. The summed E-state index contributed by atoms with van der Waals surface area (Å²) in [6.45, 7) is 12.0. The van der Waals surface area contributed by atoms with E-state index in [0.717, 1.165) is 75.3 Å². The number of nitrogens with one attached hydrogen (secondary N) is 6. The number of benzene rings is 6. The van der Waals surface area contributed by atoms with Gasteiger partial charge in [0.2, 0.25) is 41.6 Å². The van der Waals surface area contributed by atoms with Crippen LogP contribution in [-0.4, -0.2) is 186 Å². The Balaban J connectivity index is 0.957. The minimum atomic E-state index is -2.28. The molecule has 11 aliphatic rings. The lowest BCUT2D eigenvalue weighted by atomic mass is 9.51. The van der Waals surface area contributed by atoms with Crippen LogP contribution in [-0.2, 0) is 52.6 Å². The lowest BCUT2D eigenvalue weighted by molar-refractivity contribution is -0.333. The van der Waals surface area contributed by atoms with Crippen molar-refractivity contribution in [2.75, 3.05) is 25.1 Å². The SMILES string of the molecule is CCCCOc1ccc(OCCCC)c(NC(=O)NC(=O)C[C@@H]2CC(=O)[C@H](NC(=O)[C@H](CC)CC(C)C)[C@H](O)c3ccc(c(Cl)c3)Oc3cc4cc(c3O[C@@H]3O[C@H](CO)[C@@H](O)[C@H](O)[C@H]3O[C@H]3C[C@](C)(N)[C@H](O)[C@H](C)O3)Oc3ccc(cc3Cl)[C@@H](O)[C@@H]3NC(=O)[C@H](CC(=O)[C@@H]4NC2=O)c2ccc(O)c(c2)-c2c(O)cc(O)cc2[C@@H](C(=O)CC2C4CC5CC(C4)CC2C5)NC3=O)c1.